The Balaban J connectivity index is 2.06. The number of hydrogen-bond acceptors (Lipinski definition) is 5. The first-order valence-corrected chi connectivity index (χ1v) is 10.1. The molecule has 0 saturated heterocycles. The van der Waals surface area contributed by atoms with Crippen LogP contribution in [0.15, 0.2) is 29.1 Å². The van der Waals surface area contributed by atoms with Crippen LogP contribution in [-0.2, 0) is 23.0 Å². The SMILES string of the molecule is CCN(c1nc(=O)c2c(s1)CCC(OC)C2)c1ccccc1C(C)(C)C. The first-order valence-electron chi connectivity index (χ1n) is 9.28. The monoisotopic (exact) mass is 372 g/mol. The van der Waals surface area contributed by atoms with Crippen molar-refractivity contribution in [3.63, 3.8) is 0 Å². The van der Waals surface area contributed by atoms with E-state index in [0.717, 1.165) is 35.8 Å². The van der Waals surface area contributed by atoms with Crippen molar-refractivity contribution in [2.24, 2.45) is 0 Å². The molecule has 1 aliphatic carbocycles. The van der Waals surface area contributed by atoms with Gasteiger partial charge in [-0.3, -0.25) is 4.79 Å². The molecule has 0 bridgehead atoms. The number of para-hydroxylation sites is 1. The first kappa shape index (κ1) is 19.1. The molecule has 0 saturated carbocycles. The maximum Gasteiger partial charge on any atom is 0.276 e. The summed E-state index contributed by atoms with van der Waals surface area (Å²) in [5.41, 5.74) is 3.17. The summed E-state index contributed by atoms with van der Waals surface area (Å²) in [6.45, 7) is 9.53. The molecule has 1 aliphatic rings. The lowest BCUT2D eigenvalue weighted by molar-refractivity contribution is 0.0912. The fourth-order valence-electron chi connectivity index (χ4n) is 3.56. The van der Waals surface area contributed by atoms with E-state index in [-0.39, 0.29) is 17.1 Å². The van der Waals surface area contributed by atoms with Crippen LogP contribution in [0.25, 0.3) is 0 Å². The van der Waals surface area contributed by atoms with Crippen LogP contribution in [-0.4, -0.2) is 24.7 Å². The Bertz CT molecular complexity index is 839. The maximum atomic E-state index is 12.7. The molecule has 0 spiro atoms. The van der Waals surface area contributed by atoms with Gasteiger partial charge in [0.15, 0.2) is 5.13 Å². The van der Waals surface area contributed by atoms with Gasteiger partial charge in [0.2, 0.25) is 0 Å². The lowest BCUT2D eigenvalue weighted by Crippen LogP contribution is -2.30. The van der Waals surface area contributed by atoms with Gasteiger partial charge in [-0.25, -0.2) is 0 Å². The molecular formula is C21H28N2O2S. The van der Waals surface area contributed by atoms with Crippen LogP contribution in [0.5, 0.6) is 0 Å². The number of ether oxygens (including phenoxy) is 1. The second-order valence-electron chi connectivity index (χ2n) is 7.82. The number of anilines is 2. The van der Waals surface area contributed by atoms with Crippen molar-refractivity contribution < 1.29 is 4.74 Å². The Labute approximate surface area is 159 Å². The van der Waals surface area contributed by atoms with Crippen LogP contribution >= 0.6 is 11.3 Å². The van der Waals surface area contributed by atoms with Crippen LogP contribution in [0.3, 0.4) is 0 Å². The zero-order valence-electron chi connectivity index (χ0n) is 16.3. The Morgan fingerprint density at radius 2 is 2.04 bits per heavy atom. The van der Waals surface area contributed by atoms with E-state index < -0.39 is 0 Å². The maximum absolute atomic E-state index is 12.7. The predicted molar refractivity (Wildman–Crippen MR) is 109 cm³/mol. The minimum Gasteiger partial charge on any atom is -0.381 e. The number of benzene rings is 1. The highest BCUT2D eigenvalue weighted by Crippen LogP contribution is 2.37. The summed E-state index contributed by atoms with van der Waals surface area (Å²) in [6, 6.07) is 8.43. The normalized spacial score (nSPS) is 17.0. The van der Waals surface area contributed by atoms with Crippen molar-refractivity contribution in [3.8, 4) is 0 Å². The number of aryl methyl sites for hydroxylation is 1. The predicted octanol–water partition coefficient (Wildman–Crippen LogP) is 4.46. The van der Waals surface area contributed by atoms with E-state index in [2.05, 4.69) is 61.8 Å². The average Bonchev–Trinajstić information content (AvgIpc) is 2.62. The third-order valence-electron chi connectivity index (χ3n) is 5.01. The molecule has 1 atom stereocenters. The highest BCUT2D eigenvalue weighted by Gasteiger charge is 2.26. The Morgan fingerprint density at radius 1 is 1.31 bits per heavy atom. The number of aromatic nitrogens is 1. The molecule has 2 aromatic rings. The Hall–Kier alpha value is -1.72. The van der Waals surface area contributed by atoms with E-state index in [1.54, 1.807) is 18.4 Å². The van der Waals surface area contributed by atoms with E-state index >= 15 is 0 Å². The standard InChI is InChI=1S/C21H28N2O2S/c1-6-23(17-10-8-7-9-16(17)21(2,3)4)20-22-19(24)15-13-14(25-5)11-12-18(15)26-20/h7-10,14H,6,11-13H2,1-5H3. The van der Waals surface area contributed by atoms with Gasteiger partial charge in [-0.15, -0.1) is 11.3 Å². The molecule has 140 valence electrons. The number of rotatable bonds is 4. The van der Waals surface area contributed by atoms with Crippen LogP contribution in [0, 0.1) is 0 Å². The van der Waals surface area contributed by atoms with Gasteiger partial charge in [0, 0.05) is 36.2 Å². The van der Waals surface area contributed by atoms with Gasteiger partial charge in [0.05, 0.1) is 6.10 Å². The summed E-state index contributed by atoms with van der Waals surface area (Å²) >= 11 is 1.66. The van der Waals surface area contributed by atoms with Gasteiger partial charge in [0.1, 0.15) is 0 Å². The largest absolute Gasteiger partial charge is 0.381 e. The van der Waals surface area contributed by atoms with Crippen LogP contribution < -0.4 is 10.5 Å². The van der Waals surface area contributed by atoms with Crippen molar-refractivity contribution in [1.82, 2.24) is 4.98 Å². The Morgan fingerprint density at radius 3 is 2.69 bits per heavy atom. The van der Waals surface area contributed by atoms with Crippen molar-refractivity contribution >= 4 is 22.2 Å². The molecule has 1 unspecified atom stereocenters. The van der Waals surface area contributed by atoms with Crippen molar-refractivity contribution in [3.05, 3.63) is 50.6 Å². The molecule has 26 heavy (non-hydrogen) atoms. The van der Waals surface area contributed by atoms with E-state index in [9.17, 15) is 4.79 Å². The third kappa shape index (κ3) is 3.69. The molecule has 0 radical (unpaired) electrons. The molecular weight excluding hydrogens is 344 g/mol. The van der Waals surface area contributed by atoms with Gasteiger partial charge in [0.25, 0.3) is 5.56 Å². The summed E-state index contributed by atoms with van der Waals surface area (Å²) in [5.74, 6) is 0. The van der Waals surface area contributed by atoms with Gasteiger partial charge in [-0.1, -0.05) is 39.0 Å². The minimum atomic E-state index is -0.0952. The summed E-state index contributed by atoms with van der Waals surface area (Å²) in [5, 5.41) is 0.795. The van der Waals surface area contributed by atoms with E-state index in [4.69, 9.17) is 4.74 Å². The number of methoxy groups -OCH3 is 1. The summed E-state index contributed by atoms with van der Waals surface area (Å²) in [6.07, 6.45) is 2.67. The molecule has 1 heterocycles. The second-order valence-corrected chi connectivity index (χ2v) is 8.88. The van der Waals surface area contributed by atoms with Gasteiger partial charge < -0.3 is 9.64 Å². The molecule has 4 nitrogen and oxygen atoms in total. The fourth-order valence-corrected chi connectivity index (χ4v) is 4.76. The number of hydrogen-bond donors (Lipinski definition) is 0. The van der Waals surface area contributed by atoms with Crippen LogP contribution in [0.1, 0.15) is 50.1 Å². The van der Waals surface area contributed by atoms with Crippen molar-refractivity contribution in [2.45, 2.75) is 58.5 Å². The van der Waals surface area contributed by atoms with Crippen molar-refractivity contribution in [2.75, 3.05) is 18.6 Å². The van der Waals surface area contributed by atoms with Gasteiger partial charge >= 0.3 is 0 Å². The first-order chi connectivity index (χ1) is 12.3. The number of nitrogens with zero attached hydrogens (tertiary/aromatic N) is 2. The van der Waals surface area contributed by atoms with E-state index in [1.807, 2.05) is 0 Å². The molecule has 1 aromatic carbocycles. The number of fused-ring (bicyclic) bond motifs is 1. The lowest BCUT2D eigenvalue weighted by Gasteiger charge is -2.30. The quantitative estimate of drug-likeness (QED) is 0.794. The zero-order valence-corrected chi connectivity index (χ0v) is 17.2. The molecule has 0 N–H and O–H groups in total. The molecule has 1 aromatic heterocycles. The second kappa shape index (κ2) is 7.49. The van der Waals surface area contributed by atoms with Crippen LogP contribution in [0.4, 0.5) is 10.8 Å². The smallest absolute Gasteiger partial charge is 0.276 e. The zero-order chi connectivity index (χ0) is 18.9. The van der Waals surface area contributed by atoms with Gasteiger partial charge in [-0.05, 0) is 36.8 Å². The summed E-state index contributed by atoms with van der Waals surface area (Å²) in [7, 11) is 1.72. The molecule has 3 rings (SSSR count). The molecule has 0 amide bonds. The minimum absolute atomic E-state index is 0.0227. The van der Waals surface area contributed by atoms with Gasteiger partial charge in [-0.2, -0.15) is 4.98 Å². The molecule has 5 heteroatoms. The Kier molecular flexibility index (Phi) is 5.49. The topological polar surface area (TPSA) is 42.4 Å². The van der Waals surface area contributed by atoms with Crippen LogP contribution in [0.2, 0.25) is 0 Å². The average molecular weight is 373 g/mol. The highest BCUT2D eigenvalue weighted by molar-refractivity contribution is 7.15. The van der Waals surface area contributed by atoms with Crippen molar-refractivity contribution in [1.29, 1.82) is 0 Å². The third-order valence-corrected chi connectivity index (χ3v) is 6.21. The van der Waals surface area contributed by atoms with E-state index in [0.29, 0.717) is 6.42 Å². The summed E-state index contributed by atoms with van der Waals surface area (Å²) in [4.78, 5) is 20.5. The highest BCUT2D eigenvalue weighted by atomic mass is 32.1. The molecule has 0 fully saturated rings. The fraction of sp³-hybridized carbons (Fsp3) is 0.524. The molecule has 0 aliphatic heterocycles. The lowest BCUT2D eigenvalue weighted by atomic mass is 9.85. The van der Waals surface area contributed by atoms with E-state index in [1.165, 1.54) is 10.4 Å². The summed E-state index contributed by atoms with van der Waals surface area (Å²) < 4.78 is 5.45.